The number of carbonyl (C=O) groups is 1. The summed E-state index contributed by atoms with van der Waals surface area (Å²) in [5.41, 5.74) is -2.10. The molecule has 21 heavy (non-hydrogen) atoms. The van der Waals surface area contributed by atoms with Crippen molar-refractivity contribution in [3.63, 3.8) is 0 Å². The molecule has 0 fully saturated rings. The molecule has 0 radical (unpaired) electrons. The Morgan fingerprint density at radius 2 is 1.86 bits per heavy atom. The van der Waals surface area contributed by atoms with Crippen LogP contribution in [-0.4, -0.2) is 21.0 Å². The molecule has 1 heterocycles. The Bertz CT molecular complexity index is 688. The van der Waals surface area contributed by atoms with E-state index in [1.807, 2.05) is 0 Å². The smallest absolute Gasteiger partial charge is 0.419 e. The molecular weight excluding hydrogens is 296 g/mol. The highest BCUT2D eigenvalue weighted by Crippen LogP contribution is 2.34. The third kappa shape index (κ3) is 3.25. The number of alkyl halides is 3. The Morgan fingerprint density at radius 3 is 2.48 bits per heavy atom. The lowest BCUT2D eigenvalue weighted by Crippen LogP contribution is -2.09. The molecule has 0 unspecified atom stereocenters. The quantitative estimate of drug-likeness (QED) is 0.882. The summed E-state index contributed by atoms with van der Waals surface area (Å²) in [6.07, 6.45) is -2.71. The first-order valence-electron chi connectivity index (χ1n) is 5.38. The number of hydrogen-bond donors (Lipinski definition) is 1. The van der Waals surface area contributed by atoms with E-state index in [1.54, 1.807) is 0 Å². The number of halogens is 4. The van der Waals surface area contributed by atoms with Crippen LogP contribution in [0.5, 0.6) is 11.6 Å². The van der Waals surface area contributed by atoms with Gasteiger partial charge in [-0.3, -0.25) is 0 Å². The second kappa shape index (κ2) is 5.35. The number of carboxylic acid groups (broad SMARTS) is 1. The van der Waals surface area contributed by atoms with E-state index in [4.69, 9.17) is 9.84 Å². The van der Waals surface area contributed by atoms with Crippen molar-refractivity contribution in [2.24, 2.45) is 0 Å². The van der Waals surface area contributed by atoms with Gasteiger partial charge in [0.25, 0.3) is 5.88 Å². The number of rotatable bonds is 3. The van der Waals surface area contributed by atoms with Gasteiger partial charge in [-0.25, -0.2) is 19.2 Å². The molecule has 2 aromatic rings. The first-order chi connectivity index (χ1) is 9.79. The summed E-state index contributed by atoms with van der Waals surface area (Å²) in [7, 11) is 0. The molecule has 1 aromatic heterocycles. The third-order valence-corrected chi connectivity index (χ3v) is 2.32. The molecule has 1 aromatic carbocycles. The van der Waals surface area contributed by atoms with Crippen molar-refractivity contribution in [1.29, 1.82) is 0 Å². The number of aromatic nitrogens is 2. The van der Waals surface area contributed by atoms with Crippen molar-refractivity contribution in [3.8, 4) is 11.6 Å². The van der Waals surface area contributed by atoms with Crippen LogP contribution in [0.4, 0.5) is 17.6 Å². The van der Waals surface area contributed by atoms with E-state index in [2.05, 4.69) is 9.97 Å². The summed E-state index contributed by atoms with van der Waals surface area (Å²) >= 11 is 0. The van der Waals surface area contributed by atoms with Gasteiger partial charge in [-0.2, -0.15) is 13.2 Å². The lowest BCUT2D eigenvalue weighted by molar-refractivity contribution is -0.140. The minimum atomic E-state index is -4.90. The molecule has 2 rings (SSSR count). The summed E-state index contributed by atoms with van der Waals surface area (Å²) in [4.78, 5) is 17.9. The maximum absolute atomic E-state index is 13.1. The fourth-order valence-electron chi connectivity index (χ4n) is 1.44. The van der Waals surface area contributed by atoms with Crippen molar-refractivity contribution in [2.45, 2.75) is 6.18 Å². The molecule has 0 aliphatic rings. The fraction of sp³-hybridized carbons (Fsp3) is 0.0833. The van der Waals surface area contributed by atoms with Crippen molar-refractivity contribution in [1.82, 2.24) is 9.97 Å². The minimum absolute atomic E-state index is 0.410. The van der Waals surface area contributed by atoms with Crippen LogP contribution >= 0.6 is 0 Å². The van der Waals surface area contributed by atoms with E-state index in [9.17, 15) is 22.4 Å². The molecule has 9 heteroatoms. The zero-order valence-corrected chi connectivity index (χ0v) is 10.1. The molecule has 0 spiro atoms. The molecule has 5 nitrogen and oxygen atoms in total. The van der Waals surface area contributed by atoms with Gasteiger partial charge in [0.05, 0.1) is 5.56 Å². The van der Waals surface area contributed by atoms with Crippen LogP contribution in [0.3, 0.4) is 0 Å². The molecule has 0 saturated carbocycles. The van der Waals surface area contributed by atoms with Gasteiger partial charge in [-0.1, -0.05) is 0 Å². The van der Waals surface area contributed by atoms with Crippen molar-refractivity contribution < 1.29 is 32.2 Å². The van der Waals surface area contributed by atoms with Crippen LogP contribution in [0.2, 0.25) is 0 Å². The Balaban J connectivity index is 2.40. The van der Waals surface area contributed by atoms with Crippen LogP contribution in [0.15, 0.2) is 30.6 Å². The standard InChI is InChI=1S/C12H6F4N2O3/c13-8-2-1-6(5-7(8)12(14,15)16)21-10-9(11(19)20)17-3-4-18-10/h1-5H,(H,19,20). The molecule has 0 amide bonds. The van der Waals surface area contributed by atoms with E-state index in [1.165, 1.54) is 0 Å². The average Bonchev–Trinajstić information content (AvgIpc) is 2.40. The molecule has 0 aliphatic carbocycles. The number of ether oxygens (including phenoxy) is 1. The predicted octanol–water partition coefficient (Wildman–Crippen LogP) is 3.13. The lowest BCUT2D eigenvalue weighted by atomic mass is 10.2. The monoisotopic (exact) mass is 302 g/mol. The number of nitrogens with zero attached hydrogens (tertiary/aromatic N) is 2. The average molecular weight is 302 g/mol. The number of benzene rings is 1. The summed E-state index contributed by atoms with van der Waals surface area (Å²) in [5, 5.41) is 8.85. The van der Waals surface area contributed by atoms with Crippen LogP contribution < -0.4 is 4.74 Å². The van der Waals surface area contributed by atoms with Crippen LogP contribution in [0.25, 0.3) is 0 Å². The van der Waals surface area contributed by atoms with E-state index in [-0.39, 0.29) is 0 Å². The molecule has 0 aliphatic heterocycles. The van der Waals surface area contributed by atoms with Crippen LogP contribution in [0, 0.1) is 5.82 Å². The number of hydrogen-bond acceptors (Lipinski definition) is 4. The molecular formula is C12H6F4N2O3. The van der Waals surface area contributed by atoms with Gasteiger partial charge in [-0.15, -0.1) is 0 Å². The highest BCUT2D eigenvalue weighted by atomic mass is 19.4. The van der Waals surface area contributed by atoms with Gasteiger partial charge in [-0.05, 0) is 18.2 Å². The second-order valence-electron chi connectivity index (χ2n) is 3.76. The summed E-state index contributed by atoms with van der Waals surface area (Å²) in [5.74, 6) is -3.83. The Kier molecular flexibility index (Phi) is 3.74. The third-order valence-electron chi connectivity index (χ3n) is 2.32. The summed E-state index contributed by atoms with van der Waals surface area (Å²) < 4.78 is 55.7. The van der Waals surface area contributed by atoms with Crippen molar-refractivity contribution >= 4 is 5.97 Å². The largest absolute Gasteiger partial charge is 0.476 e. The maximum Gasteiger partial charge on any atom is 0.419 e. The topological polar surface area (TPSA) is 72.3 Å². The SMILES string of the molecule is O=C(O)c1nccnc1Oc1ccc(F)c(C(F)(F)F)c1. The second-order valence-corrected chi connectivity index (χ2v) is 3.76. The van der Waals surface area contributed by atoms with Gasteiger partial charge < -0.3 is 9.84 Å². The van der Waals surface area contributed by atoms with Crippen LogP contribution in [-0.2, 0) is 6.18 Å². The summed E-state index contributed by atoms with van der Waals surface area (Å²) in [6, 6.07) is 1.90. The highest BCUT2D eigenvalue weighted by molar-refractivity contribution is 5.87. The minimum Gasteiger partial charge on any atom is -0.476 e. The fourth-order valence-corrected chi connectivity index (χ4v) is 1.44. The zero-order chi connectivity index (χ0) is 15.6. The van der Waals surface area contributed by atoms with Crippen molar-refractivity contribution in [2.75, 3.05) is 0 Å². The zero-order valence-electron chi connectivity index (χ0n) is 10.1. The van der Waals surface area contributed by atoms with Crippen molar-refractivity contribution in [3.05, 3.63) is 47.7 Å². The summed E-state index contributed by atoms with van der Waals surface area (Å²) in [6.45, 7) is 0. The van der Waals surface area contributed by atoms with Gasteiger partial charge >= 0.3 is 12.1 Å². The first kappa shape index (κ1) is 14.7. The lowest BCUT2D eigenvalue weighted by Gasteiger charge is -2.11. The van der Waals surface area contributed by atoms with Gasteiger partial charge in [0, 0.05) is 12.4 Å². The normalized spacial score (nSPS) is 11.2. The highest BCUT2D eigenvalue weighted by Gasteiger charge is 2.34. The molecule has 0 atom stereocenters. The molecule has 1 N–H and O–H groups in total. The van der Waals surface area contributed by atoms with E-state index in [0.717, 1.165) is 18.5 Å². The maximum atomic E-state index is 13.1. The Morgan fingerprint density at radius 1 is 1.19 bits per heavy atom. The molecule has 110 valence electrons. The van der Waals surface area contributed by atoms with Gasteiger partial charge in [0.15, 0.2) is 0 Å². The van der Waals surface area contributed by atoms with Crippen LogP contribution in [0.1, 0.15) is 16.1 Å². The van der Waals surface area contributed by atoms with Gasteiger partial charge in [0.1, 0.15) is 11.6 Å². The number of aromatic carboxylic acids is 1. The Labute approximate surface area is 114 Å². The number of carboxylic acids is 1. The van der Waals surface area contributed by atoms with E-state index < -0.39 is 40.8 Å². The first-order valence-corrected chi connectivity index (χ1v) is 5.38. The van der Waals surface area contributed by atoms with E-state index in [0.29, 0.717) is 12.1 Å². The molecule has 0 saturated heterocycles. The predicted molar refractivity (Wildman–Crippen MR) is 60.5 cm³/mol. The van der Waals surface area contributed by atoms with Gasteiger partial charge in [0.2, 0.25) is 5.69 Å². The Hall–Kier alpha value is -2.71. The molecule has 0 bridgehead atoms. The van der Waals surface area contributed by atoms with E-state index >= 15 is 0 Å².